The summed E-state index contributed by atoms with van der Waals surface area (Å²) in [5.41, 5.74) is -0.633. The lowest BCUT2D eigenvalue weighted by Gasteiger charge is -2.34. The van der Waals surface area contributed by atoms with Crippen LogP contribution >= 0.6 is 23.5 Å². The van der Waals surface area contributed by atoms with Gasteiger partial charge in [0.25, 0.3) is 0 Å². The van der Waals surface area contributed by atoms with Gasteiger partial charge in [-0.3, -0.25) is 38.7 Å². The van der Waals surface area contributed by atoms with Crippen LogP contribution in [-0.2, 0) is 109 Å². The minimum atomic E-state index is -4.09. The van der Waals surface area contributed by atoms with Gasteiger partial charge in [-0.25, -0.2) is 36.0 Å². The van der Waals surface area contributed by atoms with Gasteiger partial charge in [0.2, 0.25) is 31.9 Å². The molecule has 2 aromatic carbocycles. The zero-order chi connectivity index (χ0) is 96.8. The average Bonchev–Trinajstić information content (AvgIpc) is 1.62. The van der Waals surface area contributed by atoms with Crippen LogP contribution in [0, 0.1) is 17.3 Å². The van der Waals surface area contributed by atoms with Crippen LogP contribution in [0.25, 0.3) is 0 Å². The minimum Gasteiger partial charge on any atom is -0.460 e. The maximum atomic E-state index is 14.2. The van der Waals surface area contributed by atoms with Crippen LogP contribution in [0.5, 0.6) is 11.5 Å². The first-order valence-corrected chi connectivity index (χ1v) is 49.9. The number of amides is 8. The minimum absolute atomic E-state index is 0.0335. The number of ether oxygens (including phenoxy) is 12. The molecule has 133 heavy (non-hydrogen) atoms. The Labute approximate surface area is 790 Å². The molecule has 4 aliphatic heterocycles. The van der Waals surface area contributed by atoms with Gasteiger partial charge < -0.3 is 97.7 Å². The van der Waals surface area contributed by atoms with Crippen LogP contribution in [0.4, 0.5) is 19.2 Å². The molecule has 8 rings (SSSR count). The number of ketones is 2. The molecule has 4 N–H and O–H groups in total. The van der Waals surface area contributed by atoms with Crippen LogP contribution in [0.2, 0.25) is 0 Å². The lowest BCUT2D eigenvalue weighted by molar-refractivity contribution is -0.162. The number of nitrogens with one attached hydrogen (secondary N) is 4. The Balaban J connectivity index is 0.543. The third-order valence-electron chi connectivity index (χ3n) is 21.4. The number of Topliss-reactive ketones (excluding diaryl/α,β-unsaturated/α-hetero) is 2. The Bertz CT molecular complexity index is 4310. The van der Waals surface area contributed by atoms with E-state index < -0.39 is 100 Å². The molecular weight excluding hydrogens is 1810 g/mol. The molecule has 4 saturated heterocycles. The number of urea groups is 2. The summed E-state index contributed by atoms with van der Waals surface area (Å²) in [7, 11) is -8.18. The number of benzene rings is 2. The summed E-state index contributed by atoms with van der Waals surface area (Å²) in [6.07, 6.45) is 5.48. The number of thioether (sulfide) groups is 2. The molecule has 42 heteroatoms. The third kappa shape index (κ3) is 37.7. The number of piperazine rings is 2. The van der Waals surface area contributed by atoms with E-state index >= 15 is 0 Å². The molecule has 4 atom stereocenters. The molecule has 0 radical (unpaired) electrons. The summed E-state index contributed by atoms with van der Waals surface area (Å²) in [6.45, 7) is 30.6. The topological polar surface area (TPSA) is 443 Å². The van der Waals surface area contributed by atoms with Crippen molar-refractivity contribution < 1.29 is 122 Å². The highest BCUT2D eigenvalue weighted by molar-refractivity contribution is 8.02. The van der Waals surface area contributed by atoms with Crippen molar-refractivity contribution >= 4 is 103 Å². The molecule has 2 aromatic heterocycles. The van der Waals surface area contributed by atoms with Crippen molar-refractivity contribution in [3.8, 4) is 11.5 Å². The smallest absolute Gasteiger partial charge is 0.415 e. The predicted octanol–water partition coefficient (Wildman–Crippen LogP) is 7.78. The molecule has 38 nitrogen and oxygen atoms in total. The Kier molecular flexibility index (Phi) is 44.2. The average molecular weight is 1940 g/mol. The Morgan fingerprint density at radius 2 is 0.752 bits per heavy atom. The van der Waals surface area contributed by atoms with E-state index in [1.165, 1.54) is 91.0 Å². The summed E-state index contributed by atoms with van der Waals surface area (Å²) in [5, 5.41) is 11.4. The highest BCUT2D eigenvalue weighted by Crippen LogP contribution is 2.45. The van der Waals surface area contributed by atoms with Crippen molar-refractivity contribution in [3.05, 3.63) is 109 Å². The lowest BCUT2D eigenvalue weighted by atomic mass is 9.88. The van der Waals surface area contributed by atoms with E-state index in [1.807, 2.05) is 41.5 Å². The quantitative estimate of drug-likeness (QED) is 0.0242. The molecule has 2 unspecified atom stereocenters. The molecule has 4 aliphatic rings. The zero-order valence-corrected chi connectivity index (χ0v) is 82.0. The van der Waals surface area contributed by atoms with Gasteiger partial charge in [0.15, 0.2) is 11.6 Å². The van der Waals surface area contributed by atoms with Gasteiger partial charge in [-0.05, 0) is 155 Å². The van der Waals surface area contributed by atoms with Gasteiger partial charge in [-0.15, -0.1) is 23.5 Å². The number of esters is 2. The standard InChI is InChI=1S/C91H136N12O26S4/c1-87(2,3)128-81(108)69(59-75(104)79-90(9,10)130-65-102(79)132(114,115)73-17-13-29-92-61-73)57-67-19-23-71(24-20-67)126-85(112)100-39-35-98(36-40-100)83(110)96-33-47-122-51-49-120-45-27-77(106)94-31-15-43-118-53-55-124-63-89(7,8)64-125-56-54-119-44-16-32-95-78(107)28-46-121-50-52-123-48-34-97-84(111)99-37-41-101(42-38-99)86(113)127-72-25-21-68(22-26-72)58-70(82(109)129-88(4,5)6)60-76(105)80-91(11,12)131-66-103(80)133(116,117)74-18-14-30-93-62-74/h13-14,17-26,29-30,61-62,69-70,79-80H,15-16,27-28,31-60,63-66H2,1-12H3,(H,94,106)(H,95,107)(H,96,110)(H,97,111)/t69-,70-,79?,80?/m1/s1. The second kappa shape index (κ2) is 53.7. The molecule has 0 bridgehead atoms. The van der Waals surface area contributed by atoms with Crippen LogP contribution < -0.4 is 30.7 Å². The number of pyridine rings is 2. The van der Waals surface area contributed by atoms with Crippen molar-refractivity contribution in [1.29, 1.82) is 0 Å². The first-order chi connectivity index (χ1) is 63.1. The van der Waals surface area contributed by atoms with Crippen molar-refractivity contribution in [2.24, 2.45) is 17.3 Å². The molecule has 0 aliphatic carbocycles. The SMILES string of the molecule is CC(C)(COCCOCCCNC(=O)CCOCCOCCNC(=O)N1CCN(C(=O)Oc2ccc(C[C@H](CC(=O)C3N(S(=O)(=O)c4cccnc4)CSC3(C)C)C(=O)OC(C)(C)C)cc2)CC1)COCCOCCCNC(=O)CCOCCOCCNC(=O)N1CCN(C(=O)Oc2ccc(C[C@H](CC(=O)C3N(S(=O)(=O)c4cccnc4)CSC3(C)C)C(=O)OC(C)(C)C)cc2)CC1. The summed E-state index contributed by atoms with van der Waals surface area (Å²) in [5.74, 6) is -3.62. The highest BCUT2D eigenvalue weighted by atomic mass is 32.2. The van der Waals surface area contributed by atoms with E-state index in [0.717, 1.165) is 0 Å². The maximum Gasteiger partial charge on any atom is 0.415 e. The maximum absolute atomic E-state index is 14.2. The fourth-order valence-electron chi connectivity index (χ4n) is 14.5. The molecule has 8 amide bonds. The van der Waals surface area contributed by atoms with Crippen LogP contribution in [0.3, 0.4) is 0 Å². The zero-order valence-electron chi connectivity index (χ0n) is 78.7. The predicted molar refractivity (Wildman–Crippen MR) is 495 cm³/mol. The largest absolute Gasteiger partial charge is 0.460 e. The van der Waals surface area contributed by atoms with E-state index in [4.69, 9.17) is 56.8 Å². The number of carbonyl (C=O) groups is 10. The van der Waals surface area contributed by atoms with Gasteiger partial charge >= 0.3 is 36.2 Å². The van der Waals surface area contributed by atoms with Gasteiger partial charge in [-0.1, -0.05) is 38.1 Å². The van der Waals surface area contributed by atoms with E-state index in [-0.39, 0.29) is 219 Å². The van der Waals surface area contributed by atoms with Crippen molar-refractivity contribution in [2.45, 2.75) is 177 Å². The fourth-order valence-corrected chi connectivity index (χ4v) is 20.8. The Morgan fingerprint density at radius 3 is 1.09 bits per heavy atom. The molecular formula is C91H136N12O26S4. The van der Waals surface area contributed by atoms with Gasteiger partial charge in [-0.2, -0.15) is 8.61 Å². The highest BCUT2D eigenvalue weighted by Gasteiger charge is 2.53. The number of hydrogen-bond acceptors (Lipinski definition) is 30. The molecule has 4 fully saturated rings. The summed E-state index contributed by atoms with van der Waals surface area (Å²) >= 11 is 2.68. The van der Waals surface area contributed by atoms with E-state index in [1.54, 1.807) is 99.9 Å². The first-order valence-electron chi connectivity index (χ1n) is 45.1. The molecule has 0 saturated carbocycles. The second-order valence-electron chi connectivity index (χ2n) is 36.2. The summed E-state index contributed by atoms with van der Waals surface area (Å²) in [4.78, 5) is 147. The second-order valence-corrected chi connectivity index (χ2v) is 43.2. The van der Waals surface area contributed by atoms with Crippen molar-refractivity contribution in [2.75, 3.05) is 196 Å². The molecule has 4 aromatic rings. The number of sulfonamides is 2. The van der Waals surface area contributed by atoms with Crippen LogP contribution in [0.1, 0.15) is 133 Å². The summed E-state index contributed by atoms with van der Waals surface area (Å²) in [6, 6.07) is 16.3. The normalized spacial score (nSPS) is 17.2. The van der Waals surface area contributed by atoms with Gasteiger partial charge in [0.05, 0.1) is 128 Å². The van der Waals surface area contributed by atoms with E-state index in [9.17, 15) is 64.8 Å². The number of aromatic nitrogens is 2. The third-order valence-corrected chi connectivity index (χ3v) is 28.1. The van der Waals surface area contributed by atoms with E-state index in [0.29, 0.717) is 89.9 Å². The van der Waals surface area contributed by atoms with Crippen LogP contribution in [0.15, 0.2) is 107 Å². The first kappa shape index (κ1) is 110. The summed E-state index contributed by atoms with van der Waals surface area (Å²) < 4.78 is 124. The van der Waals surface area contributed by atoms with E-state index in [2.05, 4.69) is 31.2 Å². The Hall–Kier alpha value is -8.76. The number of hydrogen-bond donors (Lipinski definition) is 4. The number of nitrogens with zero attached hydrogens (tertiary/aromatic N) is 8. The molecule has 6 heterocycles. The monoisotopic (exact) mass is 1940 g/mol. The van der Waals surface area contributed by atoms with Gasteiger partial charge in [0, 0.05) is 157 Å². The van der Waals surface area contributed by atoms with Gasteiger partial charge in [0.1, 0.15) is 32.5 Å². The van der Waals surface area contributed by atoms with Crippen molar-refractivity contribution in [1.82, 2.24) is 59.4 Å². The number of carbonyl (C=O) groups excluding carboxylic acids is 10. The van der Waals surface area contributed by atoms with Crippen molar-refractivity contribution in [3.63, 3.8) is 0 Å². The Morgan fingerprint density at radius 1 is 0.421 bits per heavy atom. The lowest BCUT2D eigenvalue weighted by Crippen LogP contribution is -2.54. The fraction of sp³-hybridized carbons (Fsp3) is 0.648. The molecule has 0 spiro atoms. The number of rotatable bonds is 54. The molecule has 740 valence electrons. The van der Waals surface area contributed by atoms with Crippen LogP contribution in [-0.4, -0.2) is 343 Å².